The van der Waals surface area contributed by atoms with Crippen LogP contribution >= 0.6 is 0 Å². The SMILES string of the molecule is COC(=O)c1cc(S(=O)(=O)NCC(C)(C)CCCO)on1. The smallest absolute Gasteiger partial charge is 0.360 e. The van der Waals surface area contributed by atoms with E-state index < -0.39 is 21.1 Å². The number of aromatic nitrogens is 1. The van der Waals surface area contributed by atoms with Gasteiger partial charge >= 0.3 is 5.97 Å². The molecule has 1 aromatic heterocycles. The van der Waals surface area contributed by atoms with Crippen LogP contribution in [-0.2, 0) is 14.8 Å². The van der Waals surface area contributed by atoms with Crippen LogP contribution in [-0.4, -0.2) is 44.9 Å². The summed E-state index contributed by atoms with van der Waals surface area (Å²) in [5, 5.41) is 11.7. The average Bonchev–Trinajstić information content (AvgIpc) is 2.93. The summed E-state index contributed by atoms with van der Waals surface area (Å²) in [5.74, 6) is -0.775. The minimum Gasteiger partial charge on any atom is -0.464 e. The summed E-state index contributed by atoms with van der Waals surface area (Å²) in [6, 6.07) is 1.01. The Balaban J connectivity index is 2.73. The molecule has 0 aliphatic heterocycles. The molecule has 0 radical (unpaired) electrons. The quantitative estimate of drug-likeness (QED) is 0.671. The minimum atomic E-state index is -3.89. The number of nitrogens with one attached hydrogen (secondary N) is 1. The number of nitrogens with zero attached hydrogens (tertiary/aromatic N) is 1. The molecule has 1 heterocycles. The van der Waals surface area contributed by atoms with E-state index in [0.29, 0.717) is 12.8 Å². The summed E-state index contributed by atoms with van der Waals surface area (Å²) in [5.41, 5.74) is -0.529. The highest BCUT2D eigenvalue weighted by Crippen LogP contribution is 2.22. The van der Waals surface area contributed by atoms with E-state index in [1.807, 2.05) is 13.8 Å². The van der Waals surface area contributed by atoms with Crippen molar-refractivity contribution in [3.63, 3.8) is 0 Å². The molecule has 0 unspecified atom stereocenters. The van der Waals surface area contributed by atoms with Gasteiger partial charge in [-0.15, -0.1) is 0 Å². The number of rotatable bonds is 8. The molecule has 1 aromatic rings. The zero-order valence-corrected chi connectivity index (χ0v) is 13.1. The first-order valence-electron chi connectivity index (χ1n) is 6.37. The standard InChI is InChI=1S/C12H20N2O6S/c1-12(2,5-4-6-15)8-13-21(17,18)10-7-9(14-20-10)11(16)19-3/h7,13,15H,4-6,8H2,1-3H3. The second-order valence-electron chi connectivity index (χ2n) is 5.34. The second-order valence-corrected chi connectivity index (χ2v) is 7.04. The van der Waals surface area contributed by atoms with Gasteiger partial charge in [0, 0.05) is 19.2 Å². The Morgan fingerprint density at radius 1 is 1.52 bits per heavy atom. The van der Waals surface area contributed by atoms with Crippen molar-refractivity contribution in [2.24, 2.45) is 5.41 Å². The predicted molar refractivity (Wildman–Crippen MR) is 73.1 cm³/mol. The van der Waals surface area contributed by atoms with Gasteiger partial charge in [-0.25, -0.2) is 17.9 Å². The lowest BCUT2D eigenvalue weighted by Crippen LogP contribution is -2.34. The summed E-state index contributed by atoms with van der Waals surface area (Å²) in [4.78, 5) is 11.2. The third-order valence-corrected chi connectivity index (χ3v) is 4.15. The van der Waals surface area contributed by atoms with Crippen LogP contribution in [0.25, 0.3) is 0 Å². The summed E-state index contributed by atoms with van der Waals surface area (Å²) in [6.45, 7) is 3.99. The Kier molecular flexibility index (Phi) is 5.87. The number of carbonyl (C=O) groups is 1. The molecule has 0 bridgehead atoms. The van der Waals surface area contributed by atoms with E-state index in [0.717, 1.165) is 13.2 Å². The summed E-state index contributed by atoms with van der Waals surface area (Å²) < 4.78 is 35.5. The fourth-order valence-corrected chi connectivity index (χ4v) is 2.72. The molecule has 2 N–H and O–H groups in total. The van der Waals surface area contributed by atoms with Crippen LogP contribution in [0, 0.1) is 5.41 Å². The molecule has 120 valence electrons. The number of esters is 1. The van der Waals surface area contributed by atoms with Crippen molar-refractivity contribution < 1.29 is 27.6 Å². The van der Waals surface area contributed by atoms with E-state index in [1.54, 1.807) is 0 Å². The van der Waals surface area contributed by atoms with Crippen LogP contribution in [0.15, 0.2) is 15.7 Å². The number of carbonyl (C=O) groups excluding carboxylic acids is 1. The van der Waals surface area contributed by atoms with Crippen LogP contribution in [0.5, 0.6) is 0 Å². The molecule has 0 fully saturated rings. The van der Waals surface area contributed by atoms with Gasteiger partial charge < -0.3 is 14.4 Å². The lowest BCUT2D eigenvalue weighted by Gasteiger charge is -2.24. The van der Waals surface area contributed by atoms with E-state index >= 15 is 0 Å². The van der Waals surface area contributed by atoms with E-state index in [1.165, 1.54) is 0 Å². The third kappa shape index (κ3) is 5.10. The van der Waals surface area contributed by atoms with E-state index in [4.69, 9.17) is 5.11 Å². The Morgan fingerprint density at radius 3 is 2.76 bits per heavy atom. The normalized spacial score (nSPS) is 12.4. The number of aliphatic hydroxyl groups excluding tert-OH is 1. The zero-order chi connectivity index (χ0) is 16.1. The van der Waals surface area contributed by atoms with Gasteiger partial charge in [0.25, 0.3) is 15.1 Å². The highest BCUT2D eigenvalue weighted by molar-refractivity contribution is 7.89. The number of hydrogen-bond acceptors (Lipinski definition) is 7. The van der Waals surface area contributed by atoms with E-state index in [-0.39, 0.29) is 24.3 Å². The molecule has 1 rings (SSSR count). The molecular formula is C12H20N2O6S. The molecule has 0 amide bonds. The van der Waals surface area contributed by atoms with Gasteiger partial charge in [0.15, 0.2) is 5.69 Å². The van der Waals surface area contributed by atoms with Gasteiger partial charge in [-0.05, 0) is 18.3 Å². The van der Waals surface area contributed by atoms with E-state index in [9.17, 15) is 13.2 Å². The van der Waals surface area contributed by atoms with Crippen molar-refractivity contribution >= 4 is 16.0 Å². The Bertz CT molecular complexity index is 578. The highest BCUT2D eigenvalue weighted by atomic mass is 32.2. The van der Waals surface area contributed by atoms with Gasteiger partial charge in [0.05, 0.1) is 7.11 Å². The van der Waals surface area contributed by atoms with Crippen molar-refractivity contribution in [3.05, 3.63) is 11.8 Å². The topological polar surface area (TPSA) is 119 Å². The molecule has 0 atom stereocenters. The fraction of sp³-hybridized carbons (Fsp3) is 0.667. The van der Waals surface area contributed by atoms with Gasteiger partial charge in [-0.3, -0.25) is 0 Å². The second kappa shape index (κ2) is 7.01. The zero-order valence-electron chi connectivity index (χ0n) is 12.2. The van der Waals surface area contributed by atoms with Crippen LogP contribution in [0.2, 0.25) is 0 Å². The molecule has 0 aliphatic rings. The highest BCUT2D eigenvalue weighted by Gasteiger charge is 2.26. The Labute approximate surface area is 123 Å². The van der Waals surface area contributed by atoms with Gasteiger partial charge in [-0.1, -0.05) is 19.0 Å². The molecule has 0 aromatic carbocycles. The van der Waals surface area contributed by atoms with Crippen molar-refractivity contribution in [3.8, 4) is 0 Å². The first-order chi connectivity index (χ1) is 9.72. The molecule has 0 saturated heterocycles. The number of aliphatic hydroxyl groups is 1. The lowest BCUT2D eigenvalue weighted by molar-refractivity contribution is 0.0588. The molecular weight excluding hydrogens is 300 g/mol. The number of ether oxygens (including phenoxy) is 1. The molecule has 0 spiro atoms. The third-order valence-electron chi connectivity index (χ3n) is 2.90. The monoisotopic (exact) mass is 320 g/mol. The maximum atomic E-state index is 12.0. The van der Waals surface area contributed by atoms with Crippen LogP contribution in [0.1, 0.15) is 37.2 Å². The predicted octanol–water partition coefficient (Wildman–Crippen LogP) is 0.538. The van der Waals surface area contributed by atoms with Crippen LogP contribution < -0.4 is 4.72 Å². The number of sulfonamides is 1. The largest absolute Gasteiger partial charge is 0.464 e. The molecule has 9 heteroatoms. The Morgan fingerprint density at radius 2 is 2.19 bits per heavy atom. The number of methoxy groups -OCH3 is 1. The summed E-state index contributed by atoms with van der Waals surface area (Å²) in [7, 11) is -2.73. The van der Waals surface area contributed by atoms with Crippen molar-refractivity contribution in [2.45, 2.75) is 31.8 Å². The van der Waals surface area contributed by atoms with Crippen molar-refractivity contribution in [1.82, 2.24) is 9.88 Å². The Hall–Kier alpha value is -1.45. The minimum absolute atomic E-state index is 0.0563. The molecule has 21 heavy (non-hydrogen) atoms. The fourth-order valence-electron chi connectivity index (χ4n) is 1.59. The van der Waals surface area contributed by atoms with Gasteiger partial charge in [0.1, 0.15) is 0 Å². The summed E-state index contributed by atoms with van der Waals surface area (Å²) >= 11 is 0. The van der Waals surface area contributed by atoms with E-state index in [2.05, 4.69) is 19.1 Å². The first-order valence-corrected chi connectivity index (χ1v) is 7.86. The van der Waals surface area contributed by atoms with Crippen LogP contribution in [0.3, 0.4) is 0 Å². The summed E-state index contributed by atoms with van der Waals surface area (Å²) in [6.07, 6.45) is 1.25. The number of hydrogen-bond donors (Lipinski definition) is 2. The first kappa shape index (κ1) is 17.6. The average molecular weight is 320 g/mol. The maximum Gasteiger partial charge on any atom is 0.360 e. The molecule has 0 aliphatic carbocycles. The van der Waals surface area contributed by atoms with Gasteiger partial charge in [0.2, 0.25) is 0 Å². The van der Waals surface area contributed by atoms with Crippen molar-refractivity contribution in [2.75, 3.05) is 20.3 Å². The van der Waals surface area contributed by atoms with Crippen LogP contribution in [0.4, 0.5) is 0 Å². The lowest BCUT2D eigenvalue weighted by atomic mass is 9.88. The maximum absolute atomic E-state index is 12.0. The molecule has 0 saturated carbocycles. The van der Waals surface area contributed by atoms with Gasteiger partial charge in [-0.2, -0.15) is 0 Å². The van der Waals surface area contributed by atoms with Crippen molar-refractivity contribution in [1.29, 1.82) is 0 Å². The molecule has 8 nitrogen and oxygen atoms in total.